The van der Waals surface area contributed by atoms with Gasteiger partial charge in [0.25, 0.3) is 0 Å². The summed E-state index contributed by atoms with van der Waals surface area (Å²) in [6, 6.07) is 18.6. The van der Waals surface area contributed by atoms with Crippen LogP contribution in [-0.4, -0.2) is 18.2 Å². The van der Waals surface area contributed by atoms with Crippen molar-refractivity contribution in [3.63, 3.8) is 0 Å². The van der Waals surface area contributed by atoms with Crippen LogP contribution < -0.4 is 5.32 Å². The van der Waals surface area contributed by atoms with Crippen LogP contribution in [-0.2, 0) is 0 Å². The molecule has 4 heteroatoms. The number of fused-ring (bicyclic) bond motifs is 1. The normalized spacial score (nSPS) is 12.2. The second-order valence-electron chi connectivity index (χ2n) is 5.51. The lowest BCUT2D eigenvalue weighted by Crippen LogP contribution is -2.17. The number of rotatable bonds is 5. The molecule has 3 rings (SSSR count). The average molecular weight is 324 g/mol. The van der Waals surface area contributed by atoms with Crippen LogP contribution in [0.3, 0.4) is 0 Å². The van der Waals surface area contributed by atoms with E-state index in [9.17, 15) is 5.26 Å². The molecule has 1 aromatic heterocycles. The fraction of sp³-hybridized carbons (Fsp3) is 0.211. The van der Waals surface area contributed by atoms with Crippen LogP contribution in [0.5, 0.6) is 0 Å². The first-order valence-corrected chi connectivity index (χ1v) is 8.02. The number of halogens is 1. The molecule has 0 aliphatic heterocycles. The van der Waals surface area contributed by atoms with Crippen molar-refractivity contribution in [3.8, 4) is 6.07 Å². The third-order valence-corrected chi connectivity index (χ3v) is 4.43. The van der Waals surface area contributed by atoms with Gasteiger partial charge in [0.2, 0.25) is 0 Å². The molecule has 116 valence electrons. The Morgan fingerprint density at radius 2 is 1.96 bits per heavy atom. The summed E-state index contributed by atoms with van der Waals surface area (Å²) in [5.74, 6) is 0. The summed E-state index contributed by atoms with van der Waals surface area (Å²) >= 11 is 6.33. The second-order valence-corrected chi connectivity index (χ2v) is 5.92. The van der Waals surface area contributed by atoms with Crippen molar-refractivity contribution in [2.75, 3.05) is 13.6 Å². The van der Waals surface area contributed by atoms with Gasteiger partial charge in [-0.25, -0.2) is 0 Å². The van der Waals surface area contributed by atoms with Crippen LogP contribution in [0.1, 0.15) is 23.6 Å². The molecule has 0 aliphatic carbocycles. The fourth-order valence-electron chi connectivity index (χ4n) is 3.03. The van der Waals surface area contributed by atoms with E-state index in [1.165, 1.54) is 5.56 Å². The molecule has 0 amide bonds. The minimum absolute atomic E-state index is 0.159. The predicted octanol–water partition coefficient (Wildman–Crippen LogP) is 4.37. The van der Waals surface area contributed by atoms with Gasteiger partial charge in [-0.1, -0.05) is 48.0 Å². The Morgan fingerprint density at radius 1 is 1.17 bits per heavy atom. The smallest absolute Gasteiger partial charge is 0.101 e. The summed E-state index contributed by atoms with van der Waals surface area (Å²) in [5.41, 5.74) is 2.85. The molecule has 1 unspecified atom stereocenters. The van der Waals surface area contributed by atoms with Gasteiger partial charge in [-0.05, 0) is 37.7 Å². The van der Waals surface area contributed by atoms with E-state index >= 15 is 0 Å². The number of benzene rings is 2. The monoisotopic (exact) mass is 323 g/mol. The molecule has 0 bridgehead atoms. The van der Waals surface area contributed by atoms with Gasteiger partial charge in [0, 0.05) is 11.6 Å². The Bertz CT molecular complexity index is 846. The first-order chi connectivity index (χ1) is 11.3. The highest BCUT2D eigenvalue weighted by atomic mass is 35.5. The molecule has 23 heavy (non-hydrogen) atoms. The van der Waals surface area contributed by atoms with Crippen molar-refractivity contribution >= 4 is 22.5 Å². The molecule has 2 aromatic carbocycles. The van der Waals surface area contributed by atoms with Crippen LogP contribution in [0.15, 0.2) is 54.7 Å². The zero-order chi connectivity index (χ0) is 16.2. The number of nitriles is 1. The fourth-order valence-corrected chi connectivity index (χ4v) is 3.30. The SMILES string of the molecule is CNCCC(c1ccccc1)n1cc(C#N)c2c(Cl)cccc21. The first kappa shape index (κ1) is 15.6. The second kappa shape index (κ2) is 6.87. The van der Waals surface area contributed by atoms with Crippen LogP contribution in [0.25, 0.3) is 10.9 Å². The van der Waals surface area contributed by atoms with E-state index in [1.54, 1.807) is 0 Å². The van der Waals surface area contributed by atoms with Gasteiger partial charge in [-0.3, -0.25) is 0 Å². The van der Waals surface area contributed by atoms with Crippen molar-refractivity contribution in [2.45, 2.75) is 12.5 Å². The lowest BCUT2D eigenvalue weighted by molar-refractivity contribution is 0.539. The maximum atomic E-state index is 9.47. The molecular formula is C19H18ClN3. The number of hydrogen-bond acceptors (Lipinski definition) is 2. The number of aromatic nitrogens is 1. The van der Waals surface area contributed by atoms with Crippen molar-refractivity contribution in [1.29, 1.82) is 5.26 Å². The highest BCUT2D eigenvalue weighted by molar-refractivity contribution is 6.35. The van der Waals surface area contributed by atoms with E-state index in [4.69, 9.17) is 11.6 Å². The predicted molar refractivity (Wildman–Crippen MR) is 94.8 cm³/mol. The van der Waals surface area contributed by atoms with Crippen LogP contribution in [0, 0.1) is 11.3 Å². The number of nitrogens with zero attached hydrogens (tertiary/aromatic N) is 2. The van der Waals surface area contributed by atoms with Crippen LogP contribution >= 0.6 is 11.6 Å². The van der Waals surface area contributed by atoms with Crippen molar-refractivity contribution < 1.29 is 0 Å². The lowest BCUT2D eigenvalue weighted by atomic mass is 10.0. The molecule has 0 fully saturated rings. The summed E-state index contributed by atoms with van der Waals surface area (Å²) in [6.07, 6.45) is 2.85. The summed E-state index contributed by atoms with van der Waals surface area (Å²) in [5, 5.41) is 14.1. The largest absolute Gasteiger partial charge is 0.339 e. The zero-order valence-corrected chi connectivity index (χ0v) is 13.7. The maximum absolute atomic E-state index is 9.47. The minimum Gasteiger partial charge on any atom is -0.339 e. The maximum Gasteiger partial charge on any atom is 0.101 e. The van der Waals surface area contributed by atoms with E-state index in [2.05, 4.69) is 28.1 Å². The molecule has 1 atom stereocenters. The van der Waals surface area contributed by atoms with E-state index in [0.717, 1.165) is 23.9 Å². The molecule has 0 radical (unpaired) electrons. The molecule has 0 saturated heterocycles. The van der Waals surface area contributed by atoms with Crippen LogP contribution in [0.2, 0.25) is 5.02 Å². The molecule has 3 nitrogen and oxygen atoms in total. The third-order valence-electron chi connectivity index (χ3n) is 4.12. The third kappa shape index (κ3) is 2.96. The standard InChI is InChI=1S/C19H18ClN3/c1-22-11-10-17(14-6-3-2-4-7-14)23-13-15(12-21)19-16(20)8-5-9-18(19)23/h2-9,13,17,22H,10-11H2,1H3. The summed E-state index contributed by atoms with van der Waals surface area (Å²) in [6.45, 7) is 0.891. The zero-order valence-electron chi connectivity index (χ0n) is 13.0. The molecule has 0 saturated carbocycles. The summed E-state index contributed by atoms with van der Waals surface area (Å²) in [4.78, 5) is 0. The van der Waals surface area contributed by atoms with Crippen molar-refractivity contribution in [2.24, 2.45) is 0 Å². The van der Waals surface area contributed by atoms with E-state index in [1.807, 2.05) is 49.6 Å². The Labute approximate surface area is 141 Å². The van der Waals surface area contributed by atoms with Gasteiger partial charge in [0.05, 0.1) is 22.1 Å². The molecule has 0 aliphatic rings. The van der Waals surface area contributed by atoms with Crippen molar-refractivity contribution in [3.05, 3.63) is 70.9 Å². The van der Waals surface area contributed by atoms with E-state index in [-0.39, 0.29) is 6.04 Å². The summed E-state index contributed by atoms with van der Waals surface area (Å²) in [7, 11) is 1.95. The van der Waals surface area contributed by atoms with E-state index < -0.39 is 0 Å². The van der Waals surface area contributed by atoms with Gasteiger partial charge < -0.3 is 9.88 Å². The quantitative estimate of drug-likeness (QED) is 0.757. The Hall–Kier alpha value is -2.28. The Balaban J connectivity index is 2.19. The Morgan fingerprint density at radius 3 is 2.65 bits per heavy atom. The molecule has 1 heterocycles. The molecule has 3 aromatic rings. The molecule has 0 spiro atoms. The van der Waals surface area contributed by atoms with E-state index in [0.29, 0.717) is 10.6 Å². The Kier molecular flexibility index (Phi) is 4.66. The van der Waals surface area contributed by atoms with Crippen LogP contribution in [0.4, 0.5) is 0 Å². The topological polar surface area (TPSA) is 40.8 Å². The molecule has 1 N–H and O–H groups in total. The van der Waals surface area contributed by atoms with Gasteiger partial charge >= 0.3 is 0 Å². The molecular weight excluding hydrogens is 306 g/mol. The highest BCUT2D eigenvalue weighted by Gasteiger charge is 2.19. The average Bonchev–Trinajstić information content (AvgIpc) is 2.96. The van der Waals surface area contributed by atoms with Gasteiger partial charge in [-0.15, -0.1) is 0 Å². The first-order valence-electron chi connectivity index (χ1n) is 7.65. The summed E-state index contributed by atoms with van der Waals surface area (Å²) < 4.78 is 2.17. The minimum atomic E-state index is 0.159. The lowest BCUT2D eigenvalue weighted by Gasteiger charge is -2.21. The van der Waals surface area contributed by atoms with Gasteiger partial charge in [-0.2, -0.15) is 5.26 Å². The van der Waals surface area contributed by atoms with Crippen molar-refractivity contribution in [1.82, 2.24) is 9.88 Å². The number of hydrogen-bond donors (Lipinski definition) is 1. The highest BCUT2D eigenvalue weighted by Crippen LogP contribution is 2.33. The van der Waals surface area contributed by atoms with Gasteiger partial charge in [0.15, 0.2) is 0 Å². The van der Waals surface area contributed by atoms with Gasteiger partial charge in [0.1, 0.15) is 6.07 Å². The number of nitrogens with one attached hydrogen (secondary N) is 1.